The number of nitrogens with zero attached hydrogens (tertiary/aromatic N) is 2. The summed E-state index contributed by atoms with van der Waals surface area (Å²) in [6.45, 7) is 0.469. The lowest BCUT2D eigenvalue weighted by molar-refractivity contribution is -0.111. The number of aromatic nitrogens is 2. The number of amides is 1. The van der Waals surface area contributed by atoms with Crippen LogP contribution in [0.25, 0.3) is 6.08 Å². The van der Waals surface area contributed by atoms with Crippen LogP contribution in [0.1, 0.15) is 11.1 Å². The molecule has 3 rings (SSSR count). The molecule has 25 heavy (non-hydrogen) atoms. The summed E-state index contributed by atoms with van der Waals surface area (Å²) in [5, 5.41) is 2.74. The van der Waals surface area contributed by atoms with Gasteiger partial charge in [0.1, 0.15) is 12.4 Å². The van der Waals surface area contributed by atoms with Crippen molar-refractivity contribution in [2.45, 2.75) is 6.61 Å². The fourth-order valence-electron chi connectivity index (χ4n) is 2.12. The highest BCUT2D eigenvalue weighted by molar-refractivity contribution is 6.01. The lowest BCUT2D eigenvalue weighted by Crippen LogP contribution is -2.07. The van der Waals surface area contributed by atoms with Gasteiger partial charge in [0.15, 0.2) is 0 Å². The number of hydrogen-bond acceptors (Lipinski definition) is 4. The summed E-state index contributed by atoms with van der Waals surface area (Å²) in [6.07, 6.45) is 9.99. The van der Waals surface area contributed by atoms with Gasteiger partial charge in [-0.3, -0.25) is 14.8 Å². The van der Waals surface area contributed by atoms with Gasteiger partial charge < -0.3 is 10.1 Å². The summed E-state index contributed by atoms with van der Waals surface area (Å²) in [4.78, 5) is 19.9. The zero-order valence-corrected chi connectivity index (χ0v) is 13.5. The minimum Gasteiger partial charge on any atom is -0.489 e. The van der Waals surface area contributed by atoms with Crippen LogP contribution in [0.2, 0.25) is 0 Å². The van der Waals surface area contributed by atoms with Crippen molar-refractivity contribution in [3.05, 3.63) is 90.5 Å². The Labute approximate surface area is 146 Å². The Hall–Kier alpha value is -3.47. The van der Waals surface area contributed by atoms with Gasteiger partial charge in [0.25, 0.3) is 0 Å². The molecule has 2 aromatic heterocycles. The molecule has 1 amide bonds. The van der Waals surface area contributed by atoms with Gasteiger partial charge in [-0.1, -0.05) is 18.2 Å². The lowest BCUT2D eigenvalue weighted by atomic mass is 10.2. The molecule has 124 valence electrons. The number of ether oxygens (including phenoxy) is 1. The van der Waals surface area contributed by atoms with E-state index < -0.39 is 0 Å². The number of hydrogen-bond donors (Lipinski definition) is 1. The number of carbonyl (C=O) groups is 1. The average Bonchev–Trinajstić information content (AvgIpc) is 2.67. The molecular weight excluding hydrogens is 314 g/mol. The maximum Gasteiger partial charge on any atom is 0.248 e. The smallest absolute Gasteiger partial charge is 0.248 e. The maximum atomic E-state index is 11.9. The molecule has 5 heteroatoms. The Bertz CT molecular complexity index is 832. The fraction of sp³-hybridized carbons (Fsp3) is 0.0500. The Morgan fingerprint density at radius 3 is 2.44 bits per heavy atom. The predicted octanol–water partition coefficient (Wildman–Crippen LogP) is 3.71. The predicted molar refractivity (Wildman–Crippen MR) is 96.9 cm³/mol. The van der Waals surface area contributed by atoms with E-state index in [2.05, 4.69) is 15.3 Å². The van der Waals surface area contributed by atoms with E-state index >= 15 is 0 Å². The van der Waals surface area contributed by atoms with Gasteiger partial charge in [-0.15, -0.1) is 0 Å². The highest BCUT2D eigenvalue weighted by atomic mass is 16.5. The van der Waals surface area contributed by atoms with E-state index in [1.54, 1.807) is 43.0 Å². The monoisotopic (exact) mass is 331 g/mol. The summed E-state index contributed by atoms with van der Waals surface area (Å²) < 4.78 is 5.70. The molecule has 0 spiro atoms. The molecule has 0 radical (unpaired) electrons. The van der Waals surface area contributed by atoms with Crippen molar-refractivity contribution in [2.24, 2.45) is 0 Å². The molecule has 3 aromatic rings. The summed E-state index contributed by atoms with van der Waals surface area (Å²) in [6, 6.07) is 14.9. The van der Waals surface area contributed by atoms with Crippen molar-refractivity contribution in [1.29, 1.82) is 0 Å². The lowest BCUT2D eigenvalue weighted by Gasteiger charge is -2.06. The van der Waals surface area contributed by atoms with Crippen LogP contribution in [0.3, 0.4) is 0 Å². The maximum absolute atomic E-state index is 11.9. The number of pyridine rings is 2. The van der Waals surface area contributed by atoms with Gasteiger partial charge in [0, 0.05) is 30.2 Å². The van der Waals surface area contributed by atoms with E-state index in [9.17, 15) is 4.79 Å². The summed E-state index contributed by atoms with van der Waals surface area (Å²) in [7, 11) is 0. The third kappa shape index (κ3) is 5.28. The first-order valence-electron chi connectivity index (χ1n) is 7.80. The van der Waals surface area contributed by atoms with Crippen molar-refractivity contribution < 1.29 is 9.53 Å². The SMILES string of the molecule is O=C(C=Cc1ccc(OCc2cccnc2)cc1)Nc1cccnc1. The first-order chi connectivity index (χ1) is 12.3. The number of nitrogens with one attached hydrogen (secondary N) is 1. The molecule has 0 fully saturated rings. The van der Waals surface area contributed by atoms with Gasteiger partial charge in [-0.05, 0) is 42.0 Å². The highest BCUT2D eigenvalue weighted by Gasteiger charge is 1.98. The summed E-state index contributed by atoms with van der Waals surface area (Å²) in [5.74, 6) is 0.561. The molecule has 0 aliphatic rings. The van der Waals surface area contributed by atoms with Crippen LogP contribution >= 0.6 is 0 Å². The minimum absolute atomic E-state index is 0.204. The van der Waals surface area contributed by atoms with Gasteiger partial charge >= 0.3 is 0 Å². The van der Waals surface area contributed by atoms with Crippen molar-refractivity contribution >= 4 is 17.7 Å². The van der Waals surface area contributed by atoms with Gasteiger partial charge in [0.05, 0.1) is 11.9 Å². The van der Waals surface area contributed by atoms with Crippen molar-refractivity contribution in [1.82, 2.24) is 9.97 Å². The summed E-state index contributed by atoms with van der Waals surface area (Å²) >= 11 is 0. The molecule has 0 bridgehead atoms. The van der Waals surface area contributed by atoms with E-state index in [0.717, 1.165) is 16.9 Å². The van der Waals surface area contributed by atoms with E-state index in [-0.39, 0.29) is 5.91 Å². The van der Waals surface area contributed by atoms with Crippen LogP contribution in [0, 0.1) is 0 Å². The molecular formula is C20H17N3O2. The van der Waals surface area contributed by atoms with Gasteiger partial charge in [-0.2, -0.15) is 0 Å². The zero-order chi connectivity index (χ0) is 17.3. The van der Waals surface area contributed by atoms with Crippen molar-refractivity contribution in [3.63, 3.8) is 0 Å². The fourth-order valence-corrected chi connectivity index (χ4v) is 2.12. The van der Waals surface area contributed by atoms with E-state index in [1.165, 1.54) is 6.08 Å². The number of anilines is 1. The Balaban J connectivity index is 1.52. The standard InChI is InChI=1S/C20H17N3O2/c24-20(23-18-4-2-12-22-14-18)10-7-16-5-8-19(9-6-16)25-15-17-3-1-11-21-13-17/h1-14H,15H2,(H,23,24). The Morgan fingerprint density at radius 2 is 1.76 bits per heavy atom. The molecule has 1 aromatic carbocycles. The third-order valence-corrected chi connectivity index (χ3v) is 3.36. The summed E-state index contributed by atoms with van der Waals surface area (Å²) in [5.41, 5.74) is 2.59. The van der Waals surface area contributed by atoms with Gasteiger partial charge in [0.2, 0.25) is 5.91 Å². The number of rotatable bonds is 6. The third-order valence-electron chi connectivity index (χ3n) is 3.36. The molecule has 0 unspecified atom stereocenters. The first-order valence-corrected chi connectivity index (χ1v) is 7.80. The minimum atomic E-state index is -0.204. The molecule has 0 saturated heterocycles. The molecule has 1 N–H and O–H groups in total. The van der Waals surface area contributed by atoms with Crippen LogP contribution in [-0.2, 0) is 11.4 Å². The van der Waals surface area contributed by atoms with Crippen LogP contribution in [-0.4, -0.2) is 15.9 Å². The molecule has 0 saturated carbocycles. The van der Waals surface area contributed by atoms with Crippen molar-refractivity contribution in [2.75, 3.05) is 5.32 Å². The molecule has 0 atom stereocenters. The van der Waals surface area contributed by atoms with Crippen LogP contribution in [0.4, 0.5) is 5.69 Å². The quantitative estimate of drug-likeness (QED) is 0.699. The molecule has 0 aliphatic carbocycles. The Kier molecular flexibility index (Phi) is 5.51. The second-order valence-corrected chi connectivity index (χ2v) is 5.28. The van der Waals surface area contributed by atoms with Crippen LogP contribution < -0.4 is 10.1 Å². The largest absolute Gasteiger partial charge is 0.489 e. The Morgan fingerprint density at radius 1 is 1.00 bits per heavy atom. The van der Waals surface area contributed by atoms with E-state index in [1.807, 2.05) is 36.4 Å². The second kappa shape index (κ2) is 8.40. The molecule has 0 aliphatic heterocycles. The second-order valence-electron chi connectivity index (χ2n) is 5.28. The zero-order valence-electron chi connectivity index (χ0n) is 13.5. The normalized spacial score (nSPS) is 10.6. The van der Waals surface area contributed by atoms with Crippen LogP contribution in [0.5, 0.6) is 5.75 Å². The molecule has 2 heterocycles. The van der Waals surface area contributed by atoms with Crippen molar-refractivity contribution in [3.8, 4) is 5.75 Å². The van der Waals surface area contributed by atoms with Gasteiger partial charge in [-0.25, -0.2) is 0 Å². The number of benzene rings is 1. The topological polar surface area (TPSA) is 64.1 Å². The van der Waals surface area contributed by atoms with E-state index in [0.29, 0.717) is 12.3 Å². The highest BCUT2D eigenvalue weighted by Crippen LogP contribution is 2.15. The van der Waals surface area contributed by atoms with E-state index in [4.69, 9.17) is 4.74 Å². The number of carbonyl (C=O) groups excluding carboxylic acids is 1. The molecule has 5 nitrogen and oxygen atoms in total. The van der Waals surface area contributed by atoms with Crippen LogP contribution in [0.15, 0.2) is 79.4 Å². The first kappa shape index (κ1) is 16.4. The average molecular weight is 331 g/mol.